The van der Waals surface area contributed by atoms with Gasteiger partial charge in [0.1, 0.15) is 6.10 Å². The van der Waals surface area contributed by atoms with Gasteiger partial charge < -0.3 is 20.1 Å². The maximum Gasteiger partial charge on any atom is 0.237 e. The summed E-state index contributed by atoms with van der Waals surface area (Å²) in [6.07, 6.45) is 2.82. The predicted octanol–water partition coefficient (Wildman–Crippen LogP) is 3.74. The Morgan fingerprint density at radius 2 is 1.88 bits per heavy atom. The van der Waals surface area contributed by atoms with Crippen molar-refractivity contribution in [2.75, 3.05) is 38.2 Å². The van der Waals surface area contributed by atoms with Crippen LogP contribution in [0.2, 0.25) is 0 Å². The Morgan fingerprint density at radius 3 is 2.59 bits per heavy atom. The van der Waals surface area contributed by atoms with E-state index in [-0.39, 0.29) is 6.10 Å². The van der Waals surface area contributed by atoms with Crippen molar-refractivity contribution >= 4 is 5.69 Å². The minimum Gasteiger partial charge on any atom is -0.470 e. The third-order valence-electron chi connectivity index (χ3n) is 6.05. The number of fused-ring (bicyclic) bond motifs is 1. The van der Waals surface area contributed by atoms with Crippen LogP contribution >= 0.6 is 0 Å². The number of nitrogens with zero attached hydrogens (tertiary/aromatic N) is 2. The number of hydrogen-bond donors (Lipinski definition) is 2. The minimum atomic E-state index is 0.0331. The SMILES string of the molecule is N#Cc1ccc(CCNC[C@@H]2CNc3cc(-c4ccc(C5COC5)cc4)cnc3O2)cc1. The zero-order chi connectivity index (χ0) is 21.8. The average Bonchev–Trinajstić information content (AvgIpc) is 2.81. The number of ether oxygens (including phenoxy) is 2. The molecular formula is C26H26N4O2. The lowest BCUT2D eigenvalue weighted by atomic mass is 9.95. The van der Waals surface area contributed by atoms with Gasteiger partial charge in [-0.1, -0.05) is 36.4 Å². The van der Waals surface area contributed by atoms with Gasteiger partial charge in [0.05, 0.1) is 37.1 Å². The topological polar surface area (TPSA) is 79.2 Å². The highest BCUT2D eigenvalue weighted by Crippen LogP contribution is 2.32. The molecule has 0 aliphatic carbocycles. The molecule has 0 bridgehead atoms. The van der Waals surface area contributed by atoms with Crippen LogP contribution in [0.1, 0.15) is 22.6 Å². The lowest BCUT2D eigenvalue weighted by molar-refractivity contribution is 0.00843. The average molecular weight is 427 g/mol. The van der Waals surface area contributed by atoms with E-state index < -0.39 is 0 Å². The molecule has 32 heavy (non-hydrogen) atoms. The molecule has 0 amide bonds. The fourth-order valence-electron chi connectivity index (χ4n) is 3.99. The summed E-state index contributed by atoms with van der Waals surface area (Å²) in [7, 11) is 0. The fraction of sp³-hybridized carbons (Fsp3) is 0.308. The van der Waals surface area contributed by atoms with Crippen LogP contribution in [0, 0.1) is 11.3 Å². The summed E-state index contributed by atoms with van der Waals surface area (Å²) in [4.78, 5) is 4.56. The van der Waals surface area contributed by atoms with Gasteiger partial charge in [-0.25, -0.2) is 4.98 Å². The summed E-state index contributed by atoms with van der Waals surface area (Å²) in [5, 5.41) is 15.8. The highest BCUT2D eigenvalue weighted by Gasteiger charge is 2.22. The summed E-state index contributed by atoms with van der Waals surface area (Å²) in [5.41, 5.74) is 6.41. The van der Waals surface area contributed by atoms with Crippen molar-refractivity contribution in [3.63, 3.8) is 0 Å². The number of rotatable bonds is 7. The quantitative estimate of drug-likeness (QED) is 0.561. The molecule has 2 N–H and O–H groups in total. The molecule has 3 aromatic rings. The predicted molar refractivity (Wildman–Crippen MR) is 124 cm³/mol. The van der Waals surface area contributed by atoms with E-state index in [2.05, 4.69) is 52.0 Å². The second-order valence-corrected chi connectivity index (χ2v) is 8.32. The Morgan fingerprint density at radius 1 is 1.06 bits per heavy atom. The van der Waals surface area contributed by atoms with Crippen LogP contribution in [0.3, 0.4) is 0 Å². The standard InChI is InChI=1S/C26H26N4O2/c27-12-19-3-1-18(2-4-19)9-10-28-14-24-15-29-25-11-22(13-30-26(25)32-24)20-5-7-21(8-6-20)23-16-31-17-23/h1-8,11,13,23-24,28-29H,9-10,14-17H2/t24-/m1/s1. The monoisotopic (exact) mass is 426 g/mol. The van der Waals surface area contributed by atoms with E-state index >= 15 is 0 Å². The van der Waals surface area contributed by atoms with Crippen molar-refractivity contribution in [2.45, 2.75) is 18.4 Å². The first-order chi connectivity index (χ1) is 15.8. The maximum atomic E-state index is 8.88. The van der Waals surface area contributed by atoms with E-state index in [1.54, 1.807) is 0 Å². The van der Waals surface area contributed by atoms with E-state index in [1.807, 2.05) is 30.5 Å². The molecule has 0 spiro atoms. The summed E-state index contributed by atoms with van der Waals surface area (Å²) in [6, 6.07) is 20.7. The second-order valence-electron chi connectivity index (χ2n) is 8.32. The van der Waals surface area contributed by atoms with Gasteiger partial charge in [-0.15, -0.1) is 0 Å². The van der Waals surface area contributed by atoms with Crippen LogP contribution in [0.4, 0.5) is 5.69 Å². The molecule has 2 aliphatic rings. The summed E-state index contributed by atoms with van der Waals surface area (Å²) in [5.74, 6) is 1.19. The van der Waals surface area contributed by atoms with Gasteiger partial charge in [-0.05, 0) is 47.9 Å². The van der Waals surface area contributed by atoms with E-state index in [0.717, 1.165) is 56.1 Å². The Labute approximate surface area is 188 Å². The number of nitriles is 1. The normalized spacial score (nSPS) is 17.4. The smallest absolute Gasteiger partial charge is 0.237 e. The number of anilines is 1. The molecule has 0 unspecified atom stereocenters. The van der Waals surface area contributed by atoms with Gasteiger partial charge >= 0.3 is 0 Å². The molecule has 2 aromatic carbocycles. The number of nitrogens with one attached hydrogen (secondary N) is 2. The van der Waals surface area contributed by atoms with Crippen LogP contribution in [0.25, 0.3) is 11.1 Å². The first kappa shape index (κ1) is 20.5. The first-order valence-electron chi connectivity index (χ1n) is 11.1. The van der Waals surface area contributed by atoms with Crippen LogP contribution in [0.15, 0.2) is 60.8 Å². The van der Waals surface area contributed by atoms with Gasteiger partial charge in [-0.3, -0.25) is 0 Å². The highest BCUT2D eigenvalue weighted by atomic mass is 16.5. The van der Waals surface area contributed by atoms with Crippen LogP contribution in [-0.4, -0.2) is 43.9 Å². The molecule has 0 saturated carbocycles. The molecular weight excluding hydrogens is 400 g/mol. The second kappa shape index (κ2) is 9.39. The Hall–Kier alpha value is -3.40. The third kappa shape index (κ3) is 4.59. The van der Waals surface area contributed by atoms with Crippen LogP contribution < -0.4 is 15.4 Å². The van der Waals surface area contributed by atoms with Crippen LogP contribution in [-0.2, 0) is 11.2 Å². The van der Waals surface area contributed by atoms with Crippen molar-refractivity contribution in [1.82, 2.24) is 10.3 Å². The van der Waals surface area contributed by atoms with Crippen molar-refractivity contribution < 1.29 is 9.47 Å². The molecule has 6 heteroatoms. The van der Waals surface area contributed by atoms with E-state index in [9.17, 15) is 0 Å². The van der Waals surface area contributed by atoms with Gasteiger partial charge in [0.25, 0.3) is 0 Å². The molecule has 2 aliphatic heterocycles. The first-order valence-corrected chi connectivity index (χ1v) is 11.1. The number of hydrogen-bond acceptors (Lipinski definition) is 6. The van der Waals surface area contributed by atoms with Gasteiger partial charge in [0.2, 0.25) is 5.88 Å². The van der Waals surface area contributed by atoms with Crippen LogP contribution in [0.5, 0.6) is 5.88 Å². The molecule has 0 radical (unpaired) electrons. The molecule has 5 rings (SSSR count). The number of benzene rings is 2. The molecule has 3 heterocycles. The lowest BCUT2D eigenvalue weighted by Crippen LogP contribution is -2.40. The van der Waals surface area contributed by atoms with Crippen molar-refractivity contribution in [3.05, 3.63) is 77.5 Å². The minimum absolute atomic E-state index is 0.0331. The van der Waals surface area contributed by atoms with E-state index in [0.29, 0.717) is 17.4 Å². The van der Waals surface area contributed by atoms with E-state index in [1.165, 1.54) is 11.1 Å². The summed E-state index contributed by atoms with van der Waals surface area (Å²) < 4.78 is 11.4. The Balaban J connectivity index is 1.13. The molecule has 6 nitrogen and oxygen atoms in total. The number of aromatic nitrogens is 1. The van der Waals surface area contributed by atoms with Crippen molar-refractivity contribution in [3.8, 4) is 23.1 Å². The summed E-state index contributed by atoms with van der Waals surface area (Å²) >= 11 is 0. The zero-order valence-corrected chi connectivity index (χ0v) is 17.9. The van der Waals surface area contributed by atoms with Crippen molar-refractivity contribution in [1.29, 1.82) is 5.26 Å². The molecule has 162 valence electrons. The zero-order valence-electron chi connectivity index (χ0n) is 17.9. The van der Waals surface area contributed by atoms with Gasteiger partial charge in [0.15, 0.2) is 0 Å². The summed E-state index contributed by atoms with van der Waals surface area (Å²) in [6.45, 7) is 3.99. The Bertz CT molecular complexity index is 1100. The molecule has 1 atom stereocenters. The number of pyridine rings is 1. The van der Waals surface area contributed by atoms with Gasteiger partial charge in [0, 0.05) is 24.2 Å². The fourth-order valence-corrected chi connectivity index (χ4v) is 3.99. The third-order valence-corrected chi connectivity index (χ3v) is 6.05. The molecule has 1 saturated heterocycles. The molecule has 1 aromatic heterocycles. The lowest BCUT2D eigenvalue weighted by Gasteiger charge is -2.27. The van der Waals surface area contributed by atoms with E-state index in [4.69, 9.17) is 14.7 Å². The molecule has 1 fully saturated rings. The van der Waals surface area contributed by atoms with Crippen molar-refractivity contribution in [2.24, 2.45) is 0 Å². The Kier molecular flexibility index (Phi) is 6.02. The van der Waals surface area contributed by atoms with Gasteiger partial charge in [-0.2, -0.15) is 5.26 Å². The maximum absolute atomic E-state index is 8.88. The highest BCUT2D eigenvalue weighted by molar-refractivity contribution is 5.70. The largest absolute Gasteiger partial charge is 0.470 e.